The molecule has 0 N–H and O–H groups in total. The maximum absolute atomic E-state index is 13.1. The molecule has 3 aromatic carbocycles. The Bertz CT molecular complexity index is 1010. The van der Waals surface area contributed by atoms with E-state index in [4.69, 9.17) is 14.2 Å². The summed E-state index contributed by atoms with van der Waals surface area (Å²) in [5.74, 6) is 0.436. The van der Waals surface area contributed by atoms with Gasteiger partial charge in [-0.05, 0) is 30.3 Å². The summed E-state index contributed by atoms with van der Waals surface area (Å²) in [6, 6.07) is 26.4. The fourth-order valence-electron chi connectivity index (χ4n) is 4.28. The van der Waals surface area contributed by atoms with Gasteiger partial charge in [-0.25, -0.2) is 4.39 Å². The van der Waals surface area contributed by atoms with E-state index in [-0.39, 0.29) is 11.9 Å². The van der Waals surface area contributed by atoms with E-state index in [0.717, 1.165) is 42.9 Å². The van der Waals surface area contributed by atoms with Gasteiger partial charge >= 0.3 is 0 Å². The van der Waals surface area contributed by atoms with Gasteiger partial charge in [-0.3, -0.25) is 4.90 Å². The van der Waals surface area contributed by atoms with Crippen molar-refractivity contribution in [3.8, 4) is 5.75 Å². The maximum atomic E-state index is 13.1. The first-order valence-corrected chi connectivity index (χ1v) is 11.0. The molecule has 2 heterocycles. The molecule has 0 amide bonds. The van der Waals surface area contributed by atoms with E-state index in [2.05, 4.69) is 35.2 Å². The van der Waals surface area contributed by atoms with Crippen LogP contribution in [0.4, 0.5) is 4.39 Å². The Morgan fingerprint density at radius 1 is 0.906 bits per heavy atom. The van der Waals surface area contributed by atoms with E-state index < -0.39 is 5.79 Å². The van der Waals surface area contributed by atoms with Crippen molar-refractivity contribution in [3.63, 3.8) is 0 Å². The first kappa shape index (κ1) is 20.9. The van der Waals surface area contributed by atoms with E-state index in [1.807, 2.05) is 36.4 Å². The zero-order valence-electron chi connectivity index (χ0n) is 17.8. The van der Waals surface area contributed by atoms with Gasteiger partial charge in [-0.15, -0.1) is 0 Å². The van der Waals surface area contributed by atoms with Crippen LogP contribution in [0.5, 0.6) is 5.75 Å². The van der Waals surface area contributed by atoms with Crippen molar-refractivity contribution in [1.82, 2.24) is 4.90 Å². The second-order valence-electron chi connectivity index (χ2n) is 8.14. The monoisotopic (exact) mass is 431 g/mol. The second kappa shape index (κ2) is 9.25. The zero-order chi connectivity index (χ0) is 21.8. The summed E-state index contributed by atoms with van der Waals surface area (Å²) in [5, 5.41) is 0. The van der Waals surface area contributed by atoms with Crippen molar-refractivity contribution in [2.24, 2.45) is 0 Å². The lowest BCUT2D eigenvalue weighted by Crippen LogP contribution is -2.38. The number of hydrogen-bond donors (Lipinski definition) is 0. The van der Waals surface area contributed by atoms with Gasteiger partial charge in [0.2, 0.25) is 5.79 Å². The molecule has 0 aliphatic carbocycles. The Kier molecular flexibility index (Phi) is 6.04. The minimum atomic E-state index is -0.879. The molecule has 1 fully saturated rings. The van der Waals surface area contributed by atoms with Crippen LogP contribution in [0.1, 0.15) is 17.5 Å². The third kappa shape index (κ3) is 4.46. The molecule has 0 radical (unpaired) electrons. The van der Waals surface area contributed by atoms with E-state index in [1.165, 1.54) is 12.1 Å². The average Bonchev–Trinajstić information content (AvgIpc) is 3.28. The number of rotatable bonds is 6. The van der Waals surface area contributed by atoms with Crippen molar-refractivity contribution in [2.45, 2.75) is 18.3 Å². The van der Waals surface area contributed by atoms with Gasteiger partial charge < -0.3 is 14.2 Å². The van der Waals surface area contributed by atoms with Crippen LogP contribution in [0, 0.1) is 5.82 Å². The van der Waals surface area contributed by atoms with Crippen molar-refractivity contribution in [1.29, 1.82) is 0 Å². The molecule has 0 aromatic heterocycles. The predicted molar refractivity (Wildman–Crippen MR) is 121 cm³/mol. The fraction of sp³-hybridized carbons (Fsp3) is 0.259. The van der Waals surface area contributed by atoms with Gasteiger partial charge in [0.15, 0.2) is 0 Å². The SMILES string of the molecule is Fc1ccc(OC2=CCN(CC3COC(c4ccccc4)(c4ccccc4)O3)CC2)cc1. The largest absolute Gasteiger partial charge is 0.462 e. The summed E-state index contributed by atoms with van der Waals surface area (Å²) in [6.45, 7) is 2.96. The van der Waals surface area contributed by atoms with E-state index in [9.17, 15) is 4.39 Å². The Labute approximate surface area is 187 Å². The molecular weight excluding hydrogens is 405 g/mol. The van der Waals surface area contributed by atoms with E-state index >= 15 is 0 Å². The first-order chi connectivity index (χ1) is 15.7. The quantitative estimate of drug-likeness (QED) is 0.543. The minimum absolute atomic E-state index is 0.0385. The van der Waals surface area contributed by atoms with E-state index in [0.29, 0.717) is 12.4 Å². The Morgan fingerprint density at radius 3 is 2.16 bits per heavy atom. The molecule has 1 atom stereocenters. The average molecular weight is 432 g/mol. The van der Waals surface area contributed by atoms with Crippen LogP contribution in [0.2, 0.25) is 0 Å². The standard InChI is InChI=1S/C27H26FNO3/c28-23-11-13-24(14-12-23)31-25-15-17-29(18-16-25)19-26-20-30-27(32-26,21-7-3-1-4-8-21)22-9-5-2-6-10-22/h1-15,26H,16-20H2. The number of nitrogens with zero attached hydrogens (tertiary/aromatic N) is 1. The van der Waals surface area contributed by atoms with Crippen molar-refractivity contribution in [3.05, 3.63) is 114 Å². The molecule has 0 spiro atoms. The van der Waals surface area contributed by atoms with Crippen LogP contribution in [-0.4, -0.2) is 37.2 Å². The molecule has 164 valence electrons. The summed E-state index contributed by atoms with van der Waals surface area (Å²) in [6.07, 6.45) is 2.85. The molecule has 2 aliphatic rings. The minimum Gasteiger partial charge on any atom is -0.462 e. The van der Waals surface area contributed by atoms with Gasteiger partial charge in [-0.1, -0.05) is 60.7 Å². The highest BCUT2D eigenvalue weighted by atomic mass is 19.1. The smallest absolute Gasteiger partial charge is 0.222 e. The van der Waals surface area contributed by atoms with Crippen LogP contribution >= 0.6 is 0 Å². The predicted octanol–water partition coefficient (Wildman–Crippen LogP) is 5.11. The number of ether oxygens (including phenoxy) is 3. The van der Waals surface area contributed by atoms with Gasteiger partial charge in [-0.2, -0.15) is 0 Å². The first-order valence-electron chi connectivity index (χ1n) is 11.0. The lowest BCUT2D eigenvalue weighted by Gasteiger charge is -2.31. The summed E-state index contributed by atoms with van der Waals surface area (Å²) >= 11 is 0. The number of hydrogen-bond acceptors (Lipinski definition) is 4. The van der Waals surface area contributed by atoms with Gasteiger partial charge in [0.05, 0.1) is 12.7 Å². The Balaban J connectivity index is 1.24. The Morgan fingerprint density at radius 2 is 1.56 bits per heavy atom. The molecular formula is C27H26FNO3. The topological polar surface area (TPSA) is 30.9 Å². The lowest BCUT2D eigenvalue weighted by molar-refractivity contribution is -0.144. The normalized spacial score (nSPS) is 20.7. The fourth-order valence-corrected chi connectivity index (χ4v) is 4.28. The molecule has 5 rings (SSSR count). The van der Waals surface area contributed by atoms with Gasteiger partial charge in [0.1, 0.15) is 17.3 Å². The van der Waals surface area contributed by atoms with Crippen LogP contribution in [0.15, 0.2) is 96.8 Å². The second-order valence-corrected chi connectivity index (χ2v) is 8.14. The number of halogens is 1. The highest BCUT2D eigenvalue weighted by Gasteiger charge is 2.45. The van der Waals surface area contributed by atoms with Gasteiger partial charge in [0, 0.05) is 37.2 Å². The summed E-state index contributed by atoms with van der Waals surface area (Å²) in [7, 11) is 0. The highest BCUT2D eigenvalue weighted by Crippen LogP contribution is 2.40. The summed E-state index contributed by atoms with van der Waals surface area (Å²) in [4.78, 5) is 2.34. The maximum Gasteiger partial charge on any atom is 0.222 e. The molecule has 2 aliphatic heterocycles. The molecule has 0 saturated carbocycles. The molecule has 3 aromatic rings. The van der Waals surface area contributed by atoms with Crippen molar-refractivity contribution in [2.75, 3.05) is 26.2 Å². The molecule has 4 nitrogen and oxygen atoms in total. The Hall–Kier alpha value is -2.99. The van der Waals surface area contributed by atoms with Crippen LogP contribution in [0.3, 0.4) is 0 Å². The summed E-state index contributed by atoms with van der Waals surface area (Å²) < 4.78 is 31.9. The molecule has 32 heavy (non-hydrogen) atoms. The van der Waals surface area contributed by atoms with Crippen LogP contribution < -0.4 is 4.74 Å². The van der Waals surface area contributed by atoms with Crippen molar-refractivity contribution >= 4 is 0 Å². The summed E-state index contributed by atoms with van der Waals surface area (Å²) in [5.41, 5.74) is 2.00. The molecule has 0 bridgehead atoms. The number of benzene rings is 3. The van der Waals surface area contributed by atoms with Crippen molar-refractivity contribution < 1.29 is 18.6 Å². The third-order valence-electron chi connectivity index (χ3n) is 5.89. The van der Waals surface area contributed by atoms with Gasteiger partial charge in [0.25, 0.3) is 0 Å². The lowest BCUT2D eigenvalue weighted by atomic mass is 9.97. The highest BCUT2D eigenvalue weighted by molar-refractivity contribution is 5.34. The van der Waals surface area contributed by atoms with Crippen LogP contribution in [-0.2, 0) is 15.3 Å². The third-order valence-corrected chi connectivity index (χ3v) is 5.89. The molecule has 5 heteroatoms. The van der Waals surface area contributed by atoms with E-state index in [1.54, 1.807) is 12.1 Å². The van der Waals surface area contributed by atoms with Crippen LogP contribution in [0.25, 0.3) is 0 Å². The zero-order valence-corrected chi connectivity index (χ0v) is 17.8. The molecule has 1 unspecified atom stereocenters. The molecule has 1 saturated heterocycles.